The van der Waals surface area contributed by atoms with Gasteiger partial charge < -0.3 is 9.72 Å². The van der Waals surface area contributed by atoms with E-state index in [1.165, 1.54) is 29.0 Å². The van der Waals surface area contributed by atoms with E-state index in [-0.39, 0.29) is 0 Å². The van der Waals surface area contributed by atoms with Gasteiger partial charge in [-0.3, -0.25) is 4.79 Å². The number of methoxy groups -OCH3 is 1. The first-order valence-electron chi connectivity index (χ1n) is 6.36. The molecule has 1 N–H and O–H groups in total. The van der Waals surface area contributed by atoms with Gasteiger partial charge in [0.1, 0.15) is 0 Å². The number of rotatable bonds is 2. The van der Waals surface area contributed by atoms with Gasteiger partial charge in [-0.2, -0.15) is 0 Å². The number of ether oxygens (including phenoxy) is 1. The molecule has 0 spiro atoms. The van der Waals surface area contributed by atoms with Crippen molar-refractivity contribution in [3.63, 3.8) is 0 Å². The van der Waals surface area contributed by atoms with Gasteiger partial charge in [0.25, 0.3) is 6.47 Å². The summed E-state index contributed by atoms with van der Waals surface area (Å²) in [6, 6.07) is 12.5. The van der Waals surface area contributed by atoms with Gasteiger partial charge in [0, 0.05) is 26.8 Å². The van der Waals surface area contributed by atoms with Crippen LogP contribution in [0.4, 0.5) is 0 Å². The molecule has 0 atom stereocenters. The zero-order valence-electron chi connectivity index (χ0n) is 11.4. The molecule has 0 amide bonds. The van der Waals surface area contributed by atoms with Gasteiger partial charge in [-0.15, -0.1) is 0 Å². The molecule has 0 aliphatic carbocycles. The van der Waals surface area contributed by atoms with Crippen molar-refractivity contribution in [1.29, 1.82) is 0 Å². The maximum absolute atomic E-state index is 8.95. The molecule has 3 rings (SSSR count). The van der Waals surface area contributed by atoms with Crippen molar-refractivity contribution in [2.75, 3.05) is 7.11 Å². The fraction of sp³-hybridized carbons (Fsp3) is 0.188. The van der Waals surface area contributed by atoms with Crippen LogP contribution >= 0.6 is 11.6 Å². The second-order valence-electron chi connectivity index (χ2n) is 4.38. The van der Waals surface area contributed by atoms with Crippen molar-refractivity contribution in [1.82, 2.24) is 4.98 Å². The summed E-state index contributed by atoms with van der Waals surface area (Å²) >= 11 is 6.04. The summed E-state index contributed by atoms with van der Waals surface area (Å²) in [5.41, 5.74) is 3.68. The summed E-state index contributed by atoms with van der Waals surface area (Å²) in [5, 5.41) is 3.25. The van der Waals surface area contributed by atoms with E-state index >= 15 is 0 Å². The van der Waals surface area contributed by atoms with Gasteiger partial charge in [0.05, 0.1) is 7.11 Å². The summed E-state index contributed by atoms with van der Waals surface area (Å²) in [6.07, 6.45) is 1.06. The maximum Gasteiger partial charge on any atom is 0.292 e. The van der Waals surface area contributed by atoms with Crippen LogP contribution < -0.4 is 0 Å². The highest BCUT2D eigenvalue weighted by Gasteiger charge is 2.04. The highest BCUT2D eigenvalue weighted by molar-refractivity contribution is 6.31. The lowest BCUT2D eigenvalue weighted by molar-refractivity contribution is -0.126. The van der Waals surface area contributed by atoms with E-state index in [0.29, 0.717) is 6.47 Å². The monoisotopic (exact) mass is 289 g/mol. The maximum atomic E-state index is 8.95. The fourth-order valence-corrected chi connectivity index (χ4v) is 2.31. The van der Waals surface area contributed by atoms with E-state index in [0.717, 1.165) is 17.0 Å². The van der Waals surface area contributed by atoms with Crippen molar-refractivity contribution >= 4 is 39.9 Å². The highest BCUT2D eigenvalue weighted by Crippen LogP contribution is 2.28. The van der Waals surface area contributed by atoms with Crippen molar-refractivity contribution in [3.8, 4) is 0 Å². The number of aromatic nitrogens is 1. The number of hydrogen-bond donors (Lipinski definition) is 1. The summed E-state index contributed by atoms with van der Waals surface area (Å²) < 4.78 is 3.86. The number of hydrogen-bond acceptors (Lipinski definition) is 2. The minimum absolute atomic E-state index is 0.375. The van der Waals surface area contributed by atoms with Crippen LogP contribution in [0.5, 0.6) is 0 Å². The van der Waals surface area contributed by atoms with Crippen molar-refractivity contribution < 1.29 is 9.53 Å². The molecule has 2 aromatic carbocycles. The van der Waals surface area contributed by atoms with E-state index in [2.05, 4.69) is 34.8 Å². The molecule has 0 saturated heterocycles. The number of halogens is 1. The molecule has 0 saturated carbocycles. The van der Waals surface area contributed by atoms with Gasteiger partial charge >= 0.3 is 0 Å². The fourth-order valence-electron chi connectivity index (χ4n) is 2.14. The van der Waals surface area contributed by atoms with E-state index in [1.807, 2.05) is 18.2 Å². The van der Waals surface area contributed by atoms with Crippen LogP contribution in [-0.4, -0.2) is 18.6 Å². The number of benzene rings is 2. The molecule has 1 aromatic heterocycles. The molecule has 3 nitrogen and oxygen atoms in total. The molecular weight excluding hydrogens is 274 g/mol. The molecule has 104 valence electrons. The third-order valence-electron chi connectivity index (χ3n) is 3.13. The van der Waals surface area contributed by atoms with Crippen LogP contribution in [0.3, 0.4) is 0 Å². The number of aryl methyl sites for hydroxylation is 1. The number of nitrogens with one attached hydrogen (secondary N) is 1. The third-order valence-corrected chi connectivity index (χ3v) is 3.36. The van der Waals surface area contributed by atoms with Crippen LogP contribution in [0.1, 0.15) is 12.5 Å². The Morgan fingerprint density at radius 2 is 1.75 bits per heavy atom. The van der Waals surface area contributed by atoms with Gasteiger partial charge in [0.2, 0.25) is 0 Å². The van der Waals surface area contributed by atoms with Crippen molar-refractivity contribution in [2.45, 2.75) is 13.3 Å². The lowest BCUT2D eigenvalue weighted by atomic mass is 10.1. The molecule has 0 aliphatic heterocycles. The van der Waals surface area contributed by atoms with Gasteiger partial charge in [-0.25, -0.2) is 0 Å². The van der Waals surface area contributed by atoms with E-state index < -0.39 is 0 Å². The SMILES string of the molecule is CCc1ccc2[nH]c3ccc(Cl)cc3c2c1.COC=O. The first kappa shape index (κ1) is 14.4. The molecule has 1 heterocycles. The smallest absolute Gasteiger partial charge is 0.292 e. The minimum Gasteiger partial charge on any atom is -0.471 e. The molecule has 3 aromatic rings. The van der Waals surface area contributed by atoms with E-state index in [9.17, 15) is 0 Å². The topological polar surface area (TPSA) is 42.1 Å². The lowest BCUT2D eigenvalue weighted by Gasteiger charge is -1.96. The molecule has 0 bridgehead atoms. The number of aromatic amines is 1. The standard InChI is InChI=1S/C14H12ClN.C2H4O2/c1-2-9-3-5-13-11(7-9)12-8-10(15)4-6-14(12)16-13;1-4-2-3/h3-8,16H,2H2,1H3;2H,1H3. The van der Waals surface area contributed by atoms with Crippen LogP contribution in [0.15, 0.2) is 36.4 Å². The van der Waals surface area contributed by atoms with E-state index in [1.54, 1.807) is 0 Å². The predicted octanol–water partition coefficient (Wildman–Crippen LogP) is 4.33. The predicted molar refractivity (Wildman–Crippen MR) is 83.3 cm³/mol. The largest absolute Gasteiger partial charge is 0.471 e. The first-order chi connectivity index (χ1) is 9.69. The molecule has 0 aliphatic rings. The molecular formula is C16H16ClNO2. The number of carbonyl (C=O) groups is 1. The Balaban J connectivity index is 0.000000328. The lowest BCUT2D eigenvalue weighted by Crippen LogP contribution is -1.77. The third kappa shape index (κ3) is 2.94. The Morgan fingerprint density at radius 3 is 2.35 bits per heavy atom. The van der Waals surface area contributed by atoms with E-state index in [4.69, 9.17) is 16.4 Å². The number of carbonyl (C=O) groups excluding carboxylic acids is 1. The Labute approximate surface area is 122 Å². The zero-order valence-corrected chi connectivity index (χ0v) is 12.2. The molecule has 0 radical (unpaired) electrons. The molecule has 4 heteroatoms. The summed E-state index contributed by atoms with van der Waals surface area (Å²) in [5.74, 6) is 0. The summed E-state index contributed by atoms with van der Waals surface area (Å²) in [4.78, 5) is 12.3. The molecule has 0 fully saturated rings. The van der Waals surface area contributed by atoms with Crippen molar-refractivity contribution in [3.05, 3.63) is 47.0 Å². The molecule has 0 unspecified atom stereocenters. The van der Waals surface area contributed by atoms with Crippen LogP contribution in [0.25, 0.3) is 21.8 Å². The van der Waals surface area contributed by atoms with Crippen LogP contribution in [0, 0.1) is 0 Å². The number of fused-ring (bicyclic) bond motifs is 3. The second kappa shape index (κ2) is 6.44. The van der Waals surface area contributed by atoms with Crippen molar-refractivity contribution in [2.24, 2.45) is 0 Å². The molecule has 20 heavy (non-hydrogen) atoms. The van der Waals surface area contributed by atoms with Gasteiger partial charge in [-0.1, -0.05) is 24.6 Å². The normalized spacial score (nSPS) is 10.2. The summed E-state index contributed by atoms with van der Waals surface area (Å²) in [6.45, 7) is 2.54. The quantitative estimate of drug-likeness (QED) is 0.714. The zero-order chi connectivity index (χ0) is 14.5. The Hall–Kier alpha value is -2.00. The number of H-pyrrole nitrogens is 1. The van der Waals surface area contributed by atoms with Crippen LogP contribution in [0.2, 0.25) is 5.02 Å². The van der Waals surface area contributed by atoms with Gasteiger partial charge in [-0.05, 0) is 42.3 Å². The summed E-state index contributed by atoms with van der Waals surface area (Å²) in [7, 11) is 1.31. The van der Waals surface area contributed by atoms with Gasteiger partial charge in [0.15, 0.2) is 0 Å². The Morgan fingerprint density at radius 1 is 1.15 bits per heavy atom. The second-order valence-corrected chi connectivity index (χ2v) is 4.82. The average molecular weight is 290 g/mol. The Kier molecular flexibility index (Phi) is 4.64. The van der Waals surface area contributed by atoms with Crippen LogP contribution in [-0.2, 0) is 16.0 Å². The minimum atomic E-state index is 0.375. The highest BCUT2D eigenvalue weighted by atomic mass is 35.5. The first-order valence-corrected chi connectivity index (χ1v) is 6.73. The average Bonchev–Trinajstić information content (AvgIpc) is 2.84. The Bertz CT molecular complexity index is 734.